The van der Waals surface area contributed by atoms with Gasteiger partial charge in [0.25, 0.3) is 0 Å². The van der Waals surface area contributed by atoms with Crippen LogP contribution in [-0.4, -0.2) is 4.98 Å². The average Bonchev–Trinajstić information content (AvgIpc) is 2.79. The van der Waals surface area contributed by atoms with Crippen LogP contribution in [0.2, 0.25) is 0 Å². The highest BCUT2D eigenvalue weighted by Crippen LogP contribution is 2.39. The number of thiophene rings is 1. The number of rotatable bonds is 3. The summed E-state index contributed by atoms with van der Waals surface area (Å²) in [6, 6.07) is 10.2. The first-order valence-electron chi connectivity index (χ1n) is 5.94. The molecule has 1 atom stereocenters. The van der Waals surface area contributed by atoms with E-state index in [9.17, 15) is 0 Å². The van der Waals surface area contributed by atoms with Crippen molar-refractivity contribution in [1.82, 2.24) is 10.4 Å². The van der Waals surface area contributed by atoms with Crippen molar-refractivity contribution in [2.75, 3.05) is 0 Å². The van der Waals surface area contributed by atoms with Crippen molar-refractivity contribution < 1.29 is 0 Å². The van der Waals surface area contributed by atoms with E-state index in [1.807, 2.05) is 18.3 Å². The Morgan fingerprint density at radius 2 is 2.05 bits per heavy atom. The summed E-state index contributed by atoms with van der Waals surface area (Å²) in [5, 5.41) is 2.26. The van der Waals surface area contributed by atoms with Crippen LogP contribution in [0.4, 0.5) is 0 Å². The molecule has 0 saturated carbocycles. The van der Waals surface area contributed by atoms with Crippen LogP contribution in [-0.2, 0) is 0 Å². The Morgan fingerprint density at radius 3 is 2.75 bits per heavy atom. The molecule has 6 heteroatoms. The van der Waals surface area contributed by atoms with Crippen LogP contribution in [0, 0.1) is 0 Å². The van der Waals surface area contributed by atoms with Crippen LogP contribution in [0.3, 0.4) is 0 Å². The van der Waals surface area contributed by atoms with Gasteiger partial charge in [-0.15, -0.1) is 11.3 Å². The van der Waals surface area contributed by atoms with Gasteiger partial charge in [-0.1, -0.05) is 18.2 Å². The molecule has 0 aliphatic heterocycles. The molecule has 0 fully saturated rings. The van der Waals surface area contributed by atoms with E-state index in [2.05, 4.69) is 60.5 Å². The van der Waals surface area contributed by atoms with Gasteiger partial charge in [-0.3, -0.25) is 10.8 Å². The van der Waals surface area contributed by atoms with E-state index in [-0.39, 0.29) is 6.04 Å². The molecule has 0 aliphatic carbocycles. The number of hydrogen-bond acceptors (Lipinski definition) is 4. The lowest BCUT2D eigenvalue weighted by atomic mass is 9.97. The summed E-state index contributed by atoms with van der Waals surface area (Å²) in [4.78, 5) is 4.22. The van der Waals surface area contributed by atoms with Gasteiger partial charge in [0.2, 0.25) is 0 Å². The highest BCUT2D eigenvalue weighted by atomic mass is 79.9. The number of halogens is 2. The molecule has 2 aromatic heterocycles. The molecule has 0 radical (unpaired) electrons. The maximum Gasteiger partial charge on any atom is 0.0762 e. The summed E-state index contributed by atoms with van der Waals surface area (Å²) in [7, 11) is 0. The second kappa shape index (κ2) is 5.91. The van der Waals surface area contributed by atoms with Gasteiger partial charge in [-0.2, -0.15) is 0 Å². The fourth-order valence-corrected chi connectivity index (χ4v) is 5.19. The fourth-order valence-electron chi connectivity index (χ4n) is 2.29. The lowest BCUT2D eigenvalue weighted by Crippen LogP contribution is -2.28. The van der Waals surface area contributed by atoms with Gasteiger partial charge in [-0.25, -0.2) is 5.43 Å². The van der Waals surface area contributed by atoms with E-state index in [0.717, 1.165) is 29.5 Å². The Kier molecular flexibility index (Phi) is 4.18. The Hall–Kier alpha value is -0.790. The van der Waals surface area contributed by atoms with Crippen molar-refractivity contribution >= 4 is 54.0 Å². The summed E-state index contributed by atoms with van der Waals surface area (Å²) in [5.41, 5.74) is 5.14. The zero-order chi connectivity index (χ0) is 14.1. The third-order valence-corrected chi connectivity index (χ3v) is 5.57. The first kappa shape index (κ1) is 14.2. The van der Waals surface area contributed by atoms with Gasteiger partial charge in [0.15, 0.2) is 0 Å². The maximum atomic E-state index is 5.80. The van der Waals surface area contributed by atoms with Crippen molar-refractivity contribution in [2.24, 2.45) is 5.84 Å². The number of aromatic nitrogens is 1. The van der Waals surface area contributed by atoms with Crippen molar-refractivity contribution in [3.8, 4) is 0 Å². The molecule has 20 heavy (non-hydrogen) atoms. The molecule has 3 aromatic rings. The molecule has 1 aromatic carbocycles. The van der Waals surface area contributed by atoms with Gasteiger partial charge in [0, 0.05) is 23.3 Å². The Bertz CT molecular complexity index is 752. The van der Waals surface area contributed by atoms with Gasteiger partial charge >= 0.3 is 0 Å². The highest BCUT2D eigenvalue weighted by molar-refractivity contribution is 9.12. The molecule has 0 amide bonds. The largest absolute Gasteiger partial charge is 0.271 e. The highest BCUT2D eigenvalue weighted by Gasteiger charge is 2.19. The first-order chi connectivity index (χ1) is 9.70. The Balaban J connectivity index is 2.19. The van der Waals surface area contributed by atoms with E-state index in [1.165, 1.54) is 0 Å². The number of nitrogens with zero attached hydrogens (tertiary/aromatic N) is 1. The molecule has 0 bridgehead atoms. The zero-order valence-corrected chi connectivity index (χ0v) is 14.3. The van der Waals surface area contributed by atoms with Crippen LogP contribution in [0.25, 0.3) is 10.8 Å². The minimum Gasteiger partial charge on any atom is -0.271 e. The average molecular weight is 413 g/mol. The minimum atomic E-state index is -0.0835. The second-order valence-electron chi connectivity index (χ2n) is 4.32. The Morgan fingerprint density at radius 1 is 1.20 bits per heavy atom. The third kappa shape index (κ3) is 2.54. The molecule has 3 N–H and O–H groups in total. The molecule has 3 rings (SSSR count). The SMILES string of the molecule is NNC(c1cc(Br)sc1Br)c1cccc2ccncc12. The third-order valence-electron chi connectivity index (χ3n) is 3.19. The quantitative estimate of drug-likeness (QED) is 0.495. The topological polar surface area (TPSA) is 50.9 Å². The van der Waals surface area contributed by atoms with Crippen LogP contribution in [0.15, 0.2) is 50.3 Å². The van der Waals surface area contributed by atoms with E-state index in [1.54, 1.807) is 17.5 Å². The molecule has 0 spiro atoms. The normalized spacial score (nSPS) is 12.8. The van der Waals surface area contributed by atoms with Gasteiger partial charge in [-0.05, 0) is 54.9 Å². The van der Waals surface area contributed by atoms with E-state index in [0.29, 0.717) is 0 Å². The molecule has 102 valence electrons. The van der Waals surface area contributed by atoms with E-state index in [4.69, 9.17) is 5.84 Å². The molecular weight excluding hydrogens is 402 g/mol. The lowest BCUT2D eigenvalue weighted by molar-refractivity contribution is 0.641. The van der Waals surface area contributed by atoms with Crippen LogP contribution in [0.5, 0.6) is 0 Å². The summed E-state index contributed by atoms with van der Waals surface area (Å²) in [5.74, 6) is 5.80. The molecule has 0 saturated heterocycles. The smallest absolute Gasteiger partial charge is 0.0762 e. The molecular formula is C14H11Br2N3S. The van der Waals surface area contributed by atoms with E-state index >= 15 is 0 Å². The van der Waals surface area contributed by atoms with Gasteiger partial charge in [0.1, 0.15) is 0 Å². The van der Waals surface area contributed by atoms with Crippen molar-refractivity contribution in [2.45, 2.75) is 6.04 Å². The first-order valence-corrected chi connectivity index (χ1v) is 8.34. The minimum absolute atomic E-state index is 0.0835. The number of benzene rings is 1. The number of nitrogens with two attached hydrogens (primary N) is 1. The summed E-state index contributed by atoms with van der Waals surface area (Å²) in [6.07, 6.45) is 3.68. The van der Waals surface area contributed by atoms with Crippen LogP contribution < -0.4 is 11.3 Å². The number of pyridine rings is 1. The zero-order valence-electron chi connectivity index (χ0n) is 10.3. The van der Waals surface area contributed by atoms with Gasteiger partial charge in [0.05, 0.1) is 13.6 Å². The number of hydrogen-bond donors (Lipinski definition) is 2. The summed E-state index contributed by atoms with van der Waals surface area (Å²) in [6.45, 7) is 0. The van der Waals surface area contributed by atoms with Crippen molar-refractivity contribution in [3.05, 3.63) is 61.4 Å². The molecule has 0 aliphatic rings. The summed E-state index contributed by atoms with van der Waals surface area (Å²) >= 11 is 8.74. The van der Waals surface area contributed by atoms with Crippen molar-refractivity contribution in [3.63, 3.8) is 0 Å². The van der Waals surface area contributed by atoms with Crippen molar-refractivity contribution in [1.29, 1.82) is 0 Å². The molecule has 3 nitrogen and oxygen atoms in total. The standard InChI is InChI=1S/C14H11Br2N3S/c15-12-6-10(14(16)20-12)13(19-17)9-3-1-2-8-4-5-18-7-11(8)9/h1-7,13,19H,17H2. The van der Waals surface area contributed by atoms with Crippen LogP contribution in [0.1, 0.15) is 17.2 Å². The number of nitrogens with one attached hydrogen (secondary N) is 1. The lowest BCUT2D eigenvalue weighted by Gasteiger charge is -2.18. The van der Waals surface area contributed by atoms with Gasteiger partial charge < -0.3 is 0 Å². The Labute approximate surface area is 137 Å². The second-order valence-corrected chi connectivity index (χ2v) is 8.07. The van der Waals surface area contributed by atoms with E-state index < -0.39 is 0 Å². The predicted octanol–water partition coefficient (Wildman–Crippen LogP) is 4.37. The predicted molar refractivity (Wildman–Crippen MR) is 90.6 cm³/mol. The monoisotopic (exact) mass is 411 g/mol. The summed E-state index contributed by atoms with van der Waals surface area (Å²) < 4.78 is 2.13. The fraction of sp³-hybridized carbons (Fsp3) is 0.0714. The maximum absolute atomic E-state index is 5.80. The molecule has 1 unspecified atom stereocenters. The number of hydrazine groups is 1. The molecule has 2 heterocycles. The van der Waals surface area contributed by atoms with Crippen LogP contribution >= 0.6 is 43.2 Å². The number of fused-ring (bicyclic) bond motifs is 1.